The van der Waals surface area contributed by atoms with Gasteiger partial charge in [0.2, 0.25) is 5.78 Å². The van der Waals surface area contributed by atoms with Gasteiger partial charge in [-0.25, -0.2) is 0 Å². The van der Waals surface area contributed by atoms with Gasteiger partial charge in [0.1, 0.15) is 5.78 Å². The molecule has 0 saturated heterocycles. The molecule has 54 valence electrons. The predicted molar refractivity (Wildman–Crippen MR) is 38.4 cm³/mol. The second kappa shape index (κ2) is 4.75. The Bertz CT molecular complexity index is 193. The average molecular weight is 138 g/mol. The SMILES string of the molecule is CC#CC(=O)CCC(C)=O. The van der Waals surface area contributed by atoms with Crippen LogP contribution in [0.1, 0.15) is 26.7 Å². The van der Waals surface area contributed by atoms with Crippen LogP contribution in [0.3, 0.4) is 0 Å². The standard InChI is InChI=1S/C8H10O2/c1-3-4-8(10)6-5-7(2)9/h5-6H2,1-2H3. The van der Waals surface area contributed by atoms with Crippen LogP contribution in [0.15, 0.2) is 0 Å². The lowest BCUT2D eigenvalue weighted by Gasteiger charge is -1.87. The molecule has 0 aromatic carbocycles. The molecule has 0 aliphatic carbocycles. The van der Waals surface area contributed by atoms with Crippen LogP contribution in [-0.4, -0.2) is 11.6 Å². The number of Topliss-reactive ketones (excluding diaryl/α,β-unsaturated/α-hetero) is 2. The molecule has 0 aromatic heterocycles. The zero-order valence-electron chi connectivity index (χ0n) is 6.23. The summed E-state index contributed by atoms with van der Waals surface area (Å²) in [5, 5.41) is 0. The molecular formula is C8H10O2. The first-order valence-electron chi connectivity index (χ1n) is 3.12. The Kier molecular flexibility index (Phi) is 4.23. The Morgan fingerprint density at radius 1 is 1.30 bits per heavy atom. The first-order valence-corrected chi connectivity index (χ1v) is 3.12. The summed E-state index contributed by atoms with van der Waals surface area (Å²) >= 11 is 0. The van der Waals surface area contributed by atoms with Crippen molar-refractivity contribution in [3.05, 3.63) is 0 Å². The minimum Gasteiger partial charge on any atom is -0.300 e. The van der Waals surface area contributed by atoms with E-state index in [9.17, 15) is 9.59 Å². The highest BCUT2D eigenvalue weighted by atomic mass is 16.1. The first-order chi connectivity index (χ1) is 4.66. The van der Waals surface area contributed by atoms with E-state index < -0.39 is 0 Å². The van der Waals surface area contributed by atoms with Crippen LogP contribution in [0.25, 0.3) is 0 Å². The maximum Gasteiger partial charge on any atom is 0.205 e. The van der Waals surface area contributed by atoms with E-state index in [4.69, 9.17) is 0 Å². The predicted octanol–water partition coefficient (Wildman–Crippen LogP) is 0.948. The van der Waals surface area contributed by atoms with Gasteiger partial charge in [-0.3, -0.25) is 4.79 Å². The zero-order valence-corrected chi connectivity index (χ0v) is 6.23. The van der Waals surface area contributed by atoms with E-state index in [0.717, 1.165) is 0 Å². The van der Waals surface area contributed by atoms with E-state index in [1.54, 1.807) is 6.92 Å². The van der Waals surface area contributed by atoms with Crippen molar-refractivity contribution < 1.29 is 9.59 Å². The maximum atomic E-state index is 10.6. The van der Waals surface area contributed by atoms with E-state index in [1.807, 2.05) is 0 Å². The molecule has 0 fully saturated rings. The summed E-state index contributed by atoms with van der Waals surface area (Å²) in [6.07, 6.45) is 0.573. The van der Waals surface area contributed by atoms with E-state index in [2.05, 4.69) is 11.8 Å². The summed E-state index contributed by atoms with van der Waals surface area (Å²) < 4.78 is 0. The van der Waals surface area contributed by atoms with Crippen molar-refractivity contribution >= 4 is 11.6 Å². The number of hydrogen-bond acceptors (Lipinski definition) is 2. The van der Waals surface area contributed by atoms with E-state index in [-0.39, 0.29) is 18.0 Å². The van der Waals surface area contributed by atoms with Gasteiger partial charge in [0, 0.05) is 12.8 Å². The fourth-order valence-electron chi connectivity index (χ4n) is 0.491. The molecule has 0 bridgehead atoms. The van der Waals surface area contributed by atoms with Crippen LogP contribution < -0.4 is 0 Å². The molecule has 0 aliphatic rings. The maximum absolute atomic E-state index is 10.6. The summed E-state index contributed by atoms with van der Waals surface area (Å²) in [6.45, 7) is 3.07. The van der Waals surface area contributed by atoms with Crippen LogP contribution in [0, 0.1) is 11.8 Å². The number of carbonyl (C=O) groups is 2. The van der Waals surface area contributed by atoms with Crippen LogP contribution in [0.2, 0.25) is 0 Å². The lowest BCUT2D eigenvalue weighted by molar-refractivity contribution is -0.120. The van der Waals surface area contributed by atoms with Gasteiger partial charge in [-0.15, -0.1) is 0 Å². The highest BCUT2D eigenvalue weighted by Crippen LogP contribution is 1.90. The molecule has 2 heteroatoms. The highest BCUT2D eigenvalue weighted by molar-refractivity contribution is 5.97. The van der Waals surface area contributed by atoms with Crippen molar-refractivity contribution in [1.82, 2.24) is 0 Å². The molecular weight excluding hydrogens is 128 g/mol. The fraction of sp³-hybridized carbons (Fsp3) is 0.500. The average Bonchev–Trinajstić information content (AvgIpc) is 1.85. The topological polar surface area (TPSA) is 34.1 Å². The fourth-order valence-corrected chi connectivity index (χ4v) is 0.491. The largest absolute Gasteiger partial charge is 0.300 e. The normalized spacial score (nSPS) is 7.80. The summed E-state index contributed by atoms with van der Waals surface area (Å²) in [5.74, 6) is 4.72. The van der Waals surface area contributed by atoms with Gasteiger partial charge < -0.3 is 4.79 Å². The molecule has 0 heterocycles. The Balaban J connectivity index is 3.57. The smallest absolute Gasteiger partial charge is 0.205 e. The second-order valence-corrected chi connectivity index (χ2v) is 2.00. The van der Waals surface area contributed by atoms with Crippen molar-refractivity contribution in [3.8, 4) is 11.8 Å². The third kappa shape index (κ3) is 5.04. The monoisotopic (exact) mass is 138 g/mol. The third-order valence-electron chi connectivity index (χ3n) is 0.969. The molecule has 10 heavy (non-hydrogen) atoms. The van der Waals surface area contributed by atoms with Crippen molar-refractivity contribution in [2.24, 2.45) is 0 Å². The van der Waals surface area contributed by atoms with Crippen molar-refractivity contribution in [2.75, 3.05) is 0 Å². The third-order valence-corrected chi connectivity index (χ3v) is 0.969. The van der Waals surface area contributed by atoms with E-state index in [1.165, 1.54) is 6.92 Å². The molecule has 0 spiro atoms. The molecule has 2 nitrogen and oxygen atoms in total. The van der Waals surface area contributed by atoms with Crippen molar-refractivity contribution in [3.63, 3.8) is 0 Å². The quantitative estimate of drug-likeness (QED) is 0.429. The summed E-state index contributed by atoms with van der Waals surface area (Å²) in [6, 6.07) is 0. The first kappa shape index (κ1) is 8.90. The Morgan fingerprint density at radius 3 is 2.30 bits per heavy atom. The Hall–Kier alpha value is -1.10. The molecule has 0 N–H and O–H groups in total. The number of ketones is 2. The number of carbonyl (C=O) groups excluding carboxylic acids is 2. The molecule has 0 saturated carbocycles. The molecule has 0 atom stereocenters. The Morgan fingerprint density at radius 2 is 1.90 bits per heavy atom. The van der Waals surface area contributed by atoms with Crippen LogP contribution in [-0.2, 0) is 9.59 Å². The van der Waals surface area contributed by atoms with Gasteiger partial charge >= 0.3 is 0 Å². The van der Waals surface area contributed by atoms with Crippen LogP contribution in [0.5, 0.6) is 0 Å². The van der Waals surface area contributed by atoms with Crippen molar-refractivity contribution in [1.29, 1.82) is 0 Å². The molecule has 0 aliphatic heterocycles. The molecule has 0 amide bonds. The van der Waals surface area contributed by atoms with Crippen LogP contribution >= 0.6 is 0 Å². The van der Waals surface area contributed by atoms with Gasteiger partial charge in [0.15, 0.2) is 0 Å². The summed E-state index contributed by atoms with van der Waals surface area (Å²) in [5.41, 5.74) is 0. The minimum absolute atomic E-state index is 0.0336. The Labute approximate surface area is 60.6 Å². The van der Waals surface area contributed by atoms with E-state index >= 15 is 0 Å². The van der Waals surface area contributed by atoms with Gasteiger partial charge in [-0.1, -0.05) is 5.92 Å². The van der Waals surface area contributed by atoms with E-state index in [0.29, 0.717) is 6.42 Å². The lowest BCUT2D eigenvalue weighted by Crippen LogP contribution is -1.97. The number of rotatable bonds is 3. The van der Waals surface area contributed by atoms with Gasteiger partial charge in [0.25, 0.3) is 0 Å². The lowest BCUT2D eigenvalue weighted by atomic mass is 10.2. The molecule has 0 radical (unpaired) electrons. The second-order valence-electron chi connectivity index (χ2n) is 2.00. The summed E-state index contributed by atoms with van der Waals surface area (Å²) in [7, 11) is 0. The van der Waals surface area contributed by atoms with Crippen molar-refractivity contribution in [2.45, 2.75) is 26.7 Å². The highest BCUT2D eigenvalue weighted by Gasteiger charge is 1.98. The molecule has 0 rings (SSSR count). The van der Waals surface area contributed by atoms with Gasteiger partial charge in [-0.2, -0.15) is 0 Å². The van der Waals surface area contributed by atoms with Crippen LogP contribution in [0.4, 0.5) is 0 Å². The molecule has 0 aromatic rings. The zero-order chi connectivity index (χ0) is 7.98. The number of hydrogen-bond donors (Lipinski definition) is 0. The molecule has 0 unspecified atom stereocenters. The minimum atomic E-state index is -0.155. The van der Waals surface area contributed by atoms with Gasteiger partial charge in [-0.05, 0) is 19.8 Å². The van der Waals surface area contributed by atoms with Gasteiger partial charge in [0.05, 0.1) is 0 Å². The summed E-state index contributed by atoms with van der Waals surface area (Å²) in [4.78, 5) is 21.0.